The van der Waals surface area contributed by atoms with Crippen molar-refractivity contribution in [2.24, 2.45) is 18.7 Å². The maximum absolute atomic E-state index is 12.3. The van der Waals surface area contributed by atoms with Gasteiger partial charge in [-0.25, -0.2) is 4.98 Å². The van der Waals surface area contributed by atoms with E-state index in [0.717, 1.165) is 25.9 Å². The van der Waals surface area contributed by atoms with E-state index in [4.69, 9.17) is 5.73 Å². The van der Waals surface area contributed by atoms with Gasteiger partial charge in [0, 0.05) is 38.6 Å². The van der Waals surface area contributed by atoms with Gasteiger partial charge < -0.3 is 15.2 Å². The topological polar surface area (TPSA) is 64.2 Å². The van der Waals surface area contributed by atoms with Crippen molar-refractivity contribution in [3.8, 4) is 0 Å². The van der Waals surface area contributed by atoms with E-state index >= 15 is 0 Å². The van der Waals surface area contributed by atoms with Crippen molar-refractivity contribution >= 4 is 5.91 Å². The first-order chi connectivity index (χ1) is 8.09. The molecular weight excluding hydrogens is 216 g/mol. The Kier molecular flexibility index (Phi) is 3.47. The van der Waals surface area contributed by atoms with Crippen LogP contribution in [0.25, 0.3) is 0 Å². The van der Waals surface area contributed by atoms with Gasteiger partial charge in [0.25, 0.3) is 5.91 Å². The molecule has 0 spiro atoms. The van der Waals surface area contributed by atoms with Crippen LogP contribution in [0.4, 0.5) is 0 Å². The summed E-state index contributed by atoms with van der Waals surface area (Å²) in [6.45, 7) is 3.58. The van der Waals surface area contributed by atoms with Gasteiger partial charge in [-0.3, -0.25) is 4.79 Å². The van der Waals surface area contributed by atoms with Gasteiger partial charge >= 0.3 is 0 Å². The molecule has 5 nitrogen and oxygen atoms in total. The molecule has 0 aromatic carbocycles. The lowest BCUT2D eigenvalue weighted by Gasteiger charge is -2.34. The van der Waals surface area contributed by atoms with Crippen LogP contribution in [-0.2, 0) is 7.05 Å². The molecule has 2 unspecified atom stereocenters. The summed E-state index contributed by atoms with van der Waals surface area (Å²) in [5.74, 6) is 0.936. The van der Waals surface area contributed by atoms with Crippen molar-refractivity contribution in [3.05, 3.63) is 18.2 Å². The number of carbonyl (C=O) groups is 1. The average molecular weight is 236 g/mol. The highest BCUT2D eigenvalue weighted by molar-refractivity contribution is 5.90. The first kappa shape index (κ1) is 12.1. The van der Waals surface area contributed by atoms with Gasteiger partial charge in [-0.1, -0.05) is 0 Å². The van der Waals surface area contributed by atoms with E-state index in [9.17, 15) is 4.79 Å². The summed E-state index contributed by atoms with van der Waals surface area (Å²) in [6.07, 6.45) is 5.59. The molecule has 94 valence electrons. The first-order valence-electron chi connectivity index (χ1n) is 6.11. The van der Waals surface area contributed by atoms with Gasteiger partial charge in [-0.05, 0) is 25.7 Å². The zero-order valence-electron chi connectivity index (χ0n) is 10.5. The maximum Gasteiger partial charge on any atom is 0.289 e. The minimum Gasteiger partial charge on any atom is -0.336 e. The Hall–Kier alpha value is -1.36. The largest absolute Gasteiger partial charge is 0.336 e. The number of likely N-dealkylation sites (tertiary alicyclic amines) is 1. The van der Waals surface area contributed by atoms with Crippen molar-refractivity contribution in [3.63, 3.8) is 0 Å². The SMILES string of the molecule is CC(N)C1CCCN(C(=O)c2nccn2C)C1. The molecule has 2 atom stereocenters. The van der Waals surface area contributed by atoms with Crippen molar-refractivity contribution in [2.75, 3.05) is 13.1 Å². The maximum atomic E-state index is 12.3. The van der Waals surface area contributed by atoms with Crippen LogP contribution in [0.5, 0.6) is 0 Å². The predicted molar refractivity (Wildman–Crippen MR) is 65.5 cm³/mol. The lowest BCUT2D eigenvalue weighted by molar-refractivity contribution is 0.0645. The smallest absolute Gasteiger partial charge is 0.289 e. The lowest BCUT2D eigenvalue weighted by atomic mass is 9.92. The van der Waals surface area contributed by atoms with Crippen LogP contribution in [0.3, 0.4) is 0 Å². The van der Waals surface area contributed by atoms with Crippen LogP contribution in [-0.4, -0.2) is 39.5 Å². The Morgan fingerprint density at radius 3 is 3.00 bits per heavy atom. The lowest BCUT2D eigenvalue weighted by Crippen LogP contribution is -2.45. The number of imidazole rings is 1. The number of hydrogen-bond donors (Lipinski definition) is 1. The Labute approximate surface area is 102 Å². The minimum absolute atomic E-state index is 0.0165. The van der Waals surface area contributed by atoms with Crippen LogP contribution in [0.2, 0.25) is 0 Å². The molecule has 1 aromatic heterocycles. The third kappa shape index (κ3) is 2.49. The summed E-state index contributed by atoms with van der Waals surface area (Å²) >= 11 is 0. The van der Waals surface area contributed by atoms with Gasteiger partial charge in [0.1, 0.15) is 0 Å². The van der Waals surface area contributed by atoms with Crippen LogP contribution in [0.15, 0.2) is 12.4 Å². The summed E-state index contributed by atoms with van der Waals surface area (Å²) in [5, 5.41) is 0. The molecule has 1 aromatic rings. The third-order valence-corrected chi connectivity index (χ3v) is 3.50. The number of piperidine rings is 1. The molecule has 1 aliphatic rings. The Balaban J connectivity index is 2.07. The molecule has 0 aliphatic carbocycles. The molecule has 0 radical (unpaired) electrons. The van der Waals surface area contributed by atoms with E-state index in [2.05, 4.69) is 4.98 Å². The normalized spacial score (nSPS) is 22.5. The highest BCUT2D eigenvalue weighted by atomic mass is 16.2. The number of aryl methyl sites for hydroxylation is 1. The Morgan fingerprint density at radius 2 is 2.41 bits per heavy atom. The molecule has 17 heavy (non-hydrogen) atoms. The zero-order valence-corrected chi connectivity index (χ0v) is 10.5. The number of rotatable bonds is 2. The Bertz CT molecular complexity index is 399. The summed E-state index contributed by atoms with van der Waals surface area (Å²) < 4.78 is 1.76. The third-order valence-electron chi connectivity index (χ3n) is 3.50. The molecule has 2 heterocycles. The molecular formula is C12H20N4O. The van der Waals surface area contributed by atoms with E-state index in [1.807, 2.05) is 18.9 Å². The number of nitrogens with two attached hydrogens (primary N) is 1. The van der Waals surface area contributed by atoms with E-state index in [0.29, 0.717) is 11.7 Å². The molecule has 1 fully saturated rings. The molecule has 1 saturated heterocycles. The molecule has 2 N–H and O–H groups in total. The standard InChI is InChI=1S/C12H20N4O/c1-9(13)10-4-3-6-16(8-10)12(17)11-14-5-7-15(11)2/h5,7,9-10H,3-4,6,8,13H2,1-2H3. The van der Waals surface area contributed by atoms with Crippen LogP contribution in [0, 0.1) is 5.92 Å². The number of carbonyl (C=O) groups excluding carboxylic acids is 1. The van der Waals surface area contributed by atoms with Gasteiger partial charge in [0.05, 0.1) is 0 Å². The van der Waals surface area contributed by atoms with Crippen molar-refractivity contribution < 1.29 is 4.79 Å². The first-order valence-corrected chi connectivity index (χ1v) is 6.11. The van der Waals surface area contributed by atoms with E-state index in [1.165, 1.54) is 0 Å². The van der Waals surface area contributed by atoms with E-state index in [-0.39, 0.29) is 11.9 Å². The van der Waals surface area contributed by atoms with Gasteiger partial charge in [-0.15, -0.1) is 0 Å². The number of hydrogen-bond acceptors (Lipinski definition) is 3. The fourth-order valence-electron chi connectivity index (χ4n) is 2.34. The summed E-state index contributed by atoms with van der Waals surface area (Å²) in [5.41, 5.74) is 5.92. The molecule has 0 bridgehead atoms. The van der Waals surface area contributed by atoms with Gasteiger partial charge in [0.2, 0.25) is 0 Å². The van der Waals surface area contributed by atoms with Crippen LogP contribution >= 0.6 is 0 Å². The van der Waals surface area contributed by atoms with Crippen LogP contribution < -0.4 is 5.73 Å². The monoisotopic (exact) mass is 236 g/mol. The number of aromatic nitrogens is 2. The average Bonchev–Trinajstić information content (AvgIpc) is 2.74. The summed E-state index contributed by atoms with van der Waals surface area (Å²) in [7, 11) is 1.84. The highest BCUT2D eigenvalue weighted by Gasteiger charge is 2.27. The molecule has 2 rings (SSSR count). The molecule has 0 saturated carbocycles. The van der Waals surface area contributed by atoms with E-state index in [1.54, 1.807) is 17.0 Å². The van der Waals surface area contributed by atoms with Gasteiger partial charge in [-0.2, -0.15) is 0 Å². The highest BCUT2D eigenvalue weighted by Crippen LogP contribution is 2.20. The second kappa shape index (κ2) is 4.87. The zero-order chi connectivity index (χ0) is 12.4. The molecule has 5 heteroatoms. The number of nitrogens with zero attached hydrogens (tertiary/aromatic N) is 3. The second-order valence-corrected chi connectivity index (χ2v) is 4.87. The quantitative estimate of drug-likeness (QED) is 0.818. The van der Waals surface area contributed by atoms with Crippen molar-refractivity contribution in [1.29, 1.82) is 0 Å². The number of amides is 1. The van der Waals surface area contributed by atoms with Crippen molar-refractivity contribution in [1.82, 2.24) is 14.5 Å². The molecule has 1 amide bonds. The van der Waals surface area contributed by atoms with Crippen LogP contribution in [0.1, 0.15) is 30.4 Å². The summed E-state index contributed by atoms with van der Waals surface area (Å²) in [4.78, 5) is 18.2. The van der Waals surface area contributed by atoms with Crippen molar-refractivity contribution in [2.45, 2.75) is 25.8 Å². The fourth-order valence-corrected chi connectivity index (χ4v) is 2.34. The Morgan fingerprint density at radius 1 is 1.65 bits per heavy atom. The predicted octanol–water partition coefficient (Wildman–Crippen LogP) is 0.619. The molecule has 1 aliphatic heterocycles. The minimum atomic E-state index is 0.0165. The fraction of sp³-hybridized carbons (Fsp3) is 0.667. The summed E-state index contributed by atoms with van der Waals surface area (Å²) in [6, 6.07) is 0.145. The second-order valence-electron chi connectivity index (χ2n) is 4.87. The van der Waals surface area contributed by atoms with Gasteiger partial charge in [0.15, 0.2) is 5.82 Å². The van der Waals surface area contributed by atoms with E-state index < -0.39 is 0 Å².